The first kappa shape index (κ1) is 7.89. The smallest absolute Gasteiger partial charge is 0.126 e. The minimum absolute atomic E-state index is 1.10. The van der Waals surface area contributed by atoms with Gasteiger partial charge in [0.1, 0.15) is 5.82 Å². The van der Waals surface area contributed by atoms with Gasteiger partial charge in [0.2, 0.25) is 0 Å². The maximum atomic E-state index is 3.20. The highest BCUT2D eigenvalue weighted by Crippen LogP contribution is 2.24. The highest BCUT2D eigenvalue weighted by molar-refractivity contribution is 8.01. The van der Waals surface area contributed by atoms with E-state index >= 15 is 0 Å². The number of hydrogen-bond donors (Lipinski definition) is 1. The molecule has 0 amide bonds. The average Bonchev–Trinajstić information content (AvgIpc) is 2.21. The van der Waals surface area contributed by atoms with Gasteiger partial charge in [0.05, 0.1) is 0 Å². The first-order valence-electron chi connectivity index (χ1n) is 3.55. The van der Waals surface area contributed by atoms with Crippen LogP contribution in [-0.4, -0.2) is 4.31 Å². The SMILES string of the molecule is C1=CSNC(N2C=CC=CS2)=C1. The minimum atomic E-state index is 1.10. The van der Waals surface area contributed by atoms with Crippen molar-refractivity contribution in [2.45, 2.75) is 0 Å². The van der Waals surface area contributed by atoms with Crippen molar-refractivity contribution in [1.82, 2.24) is 9.03 Å². The standard InChI is InChI=1S/C8H8N2S2/c1-2-7-12-10(5-1)8-4-3-6-11-9-8/h1-7,9H. The van der Waals surface area contributed by atoms with Gasteiger partial charge in [0.25, 0.3) is 0 Å². The van der Waals surface area contributed by atoms with E-state index in [2.05, 4.69) is 9.03 Å². The minimum Gasteiger partial charge on any atom is -0.311 e. The molecule has 1 N–H and O–H groups in total. The van der Waals surface area contributed by atoms with Crippen LogP contribution < -0.4 is 4.72 Å². The molecule has 2 aliphatic rings. The number of rotatable bonds is 1. The number of nitrogens with one attached hydrogen (secondary N) is 1. The summed E-state index contributed by atoms with van der Waals surface area (Å²) in [5, 5.41) is 4.06. The van der Waals surface area contributed by atoms with Gasteiger partial charge >= 0.3 is 0 Å². The summed E-state index contributed by atoms with van der Waals surface area (Å²) in [4.78, 5) is 0. The third-order valence-electron chi connectivity index (χ3n) is 1.39. The van der Waals surface area contributed by atoms with Gasteiger partial charge in [-0.1, -0.05) is 12.2 Å². The summed E-state index contributed by atoms with van der Waals surface area (Å²) in [5.41, 5.74) is 0. The zero-order valence-corrected chi connectivity index (χ0v) is 7.94. The van der Waals surface area contributed by atoms with Crippen molar-refractivity contribution in [3.05, 3.63) is 47.1 Å². The van der Waals surface area contributed by atoms with Crippen LogP contribution in [0.5, 0.6) is 0 Å². The van der Waals surface area contributed by atoms with Gasteiger partial charge in [-0.2, -0.15) is 0 Å². The lowest BCUT2D eigenvalue weighted by Gasteiger charge is -2.23. The van der Waals surface area contributed by atoms with Gasteiger partial charge in [0, 0.05) is 6.20 Å². The van der Waals surface area contributed by atoms with E-state index in [0.717, 1.165) is 5.82 Å². The van der Waals surface area contributed by atoms with Crippen LogP contribution in [0.2, 0.25) is 0 Å². The van der Waals surface area contributed by atoms with Crippen LogP contribution in [-0.2, 0) is 0 Å². The molecule has 0 aromatic carbocycles. The van der Waals surface area contributed by atoms with Crippen molar-refractivity contribution in [3.63, 3.8) is 0 Å². The third-order valence-corrected chi connectivity index (χ3v) is 2.83. The Morgan fingerprint density at radius 3 is 2.83 bits per heavy atom. The van der Waals surface area contributed by atoms with Crippen molar-refractivity contribution in [2.24, 2.45) is 0 Å². The molecular weight excluding hydrogens is 188 g/mol. The summed E-state index contributed by atoms with van der Waals surface area (Å²) in [6.07, 6.45) is 10.1. The molecule has 0 aliphatic carbocycles. The molecule has 12 heavy (non-hydrogen) atoms. The van der Waals surface area contributed by atoms with Crippen LogP contribution in [0, 0.1) is 0 Å². The Labute approximate surface area is 80.4 Å². The predicted octanol–water partition coefficient (Wildman–Crippen LogP) is 2.58. The molecular formula is C8H8N2S2. The second-order valence-electron chi connectivity index (χ2n) is 2.20. The topological polar surface area (TPSA) is 15.3 Å². The van der Waals surface area contributed by atoms with Crippen LogP contribution in [0.1, 0.15) is 0 Å². The average molecular weight is 196 g/mol. The summed E-state index contributed by atoms with van der Waals surface area (Å²) in [5.74, 6) is 1.10. The van der Waals surface area contributed by atoms with Crippen LogP contribution in [0.25, 0.3) is 0 Å². The van der Waals surface area contributed by atoms with Gasteiger partial charge in [-0.05, 0) is 46.9 Å². The largest absolute Gasteiger partial charge is 0.311 e. The molecule has 2 heterocycles. The zero-order valence-electron chi connectivity index (χ0n) is 6.31. The van der Waals surface area contributed by atoms with Crippen molar-refractivity contribution in [1.29, 1.82) is 0 Å². The van der Waals surface area contributed by atoms with Crippen molar-refractivity contribution in [2.75, 3.05) is 0 Å². The van der Waals surface area contributed by atoms with Crippen LogP contribution in [0.3, 0.4) is 0 Å². The predicted molar refractivity (Wildman–Crippen MR) is 55.7 cm³/mol. The van der Waals surface area contributed by atoms with Crippen LogP contribution in [0.4, 0.5) is 0 Å². The molecule has 0 bridgehead atoms. The third kappa shape index (κ3) is 1.70. The Kier molecular flexibility index (Phi) is 2.48. The maximum absolute atomic E-state index is 3.20. The lowest BCUT2D eigenvalue weighted by molar-refractivity contribution is 0.733. The van der Waals surface area contributed by atoms with Crippen LogP contribution in [0.15, 0.2) is 47.1 Å². The highest BCUT2D eigenvalue weighted by atomic mass is 32.2. The molecule has 0 fully saturated rings. The molecule has 0 saturated heterocycles. The molecule has 2 aliphatic heterocycles. The second-order valence-corrected chi connectivity index (χ2v) is 3.79. The second kappa shape index (κ2) is 3.78. The molecule has 62 valence electrons. The van der Waals surface area contributed by atoms with Gasteiger partial charge in [-0.15, -0.1) is 0 Å². The Hall–Kier alpha value is -0.740. The first-order valence-corrected chi connectivity index (χ1v) is 5.26. The molecule has 4 heteroatoms. The Morgan fingerprint density at radius 2 is 2.17 bits per heavy atom. The quantitative estimate of drug-likeness (QED) is 0.648. The van der Waals surface area contributed by atoms with E-state index in [1.165, 1.54) is 0 Å². The summed E-state index contributed by atoms with van der Waals surface area (Å²) < 4.78 is 5.28. The van der Waals surface area contributed by atoms with E-state index in [1.807, 2.05) is 41.3 Å². The van der Waals surface area contributed by atoms with Gasteiger partial charge in [0.15, 0.2) is 0 Å². The van der Waals surface area contributed by atoms with Crippen LogP contribution >= 0.6 is 23.9 Å². The van der Waals surface area contributed by atoms with E-state index in [9.17, 15) is 0 Å². The van der Waals surface area contributed by atoms with E-state index in [0.29, 0.717) is 0 Å². The van der Waals surface area contributed by atoms with Gasteiger partial charge in [-0.3, -0.25) is 4.31 Å². The number of hydrogen-bond acceptors (Lipinski definition) is 4. The summed E-state index contributed by atoms with van der Waals surface area (Å²) in [6.45, 7) is 0. The number of nitrogens with zero attached hydrogens (tertiary/aromatic N) is 1. The van der Waals surface area contributed by atoms with Crippen molar-refractivity contribution < 1.29 is 0 Å². The molecule has 2 nitrogen and oxygen atoms in total. The van der Waals surface area contributed by atoms with Crippen molar-refractivity contribution >= 4 is 23.9 Å². The van der Waals surface area contributed by atoms with Gasteiger partial charge in [-0.25, -0.2) is 0 Å². The van der Waals surface area contributed by atoms with E-state index in [1.54, 1.807) is 23.9 Å². The molecule has 2 rings (SSSR count). The normalized spacial score (nSPS) is 20.7. The fourth-order valence-electron chi connectivity index (χ4n) is 0.863. The van der Waals surface area contributed by atoms with Gasteiger partial charge < -0.3 is 4.72 Å². The Balaban J connectivity index is 2.09. The number of allylic oxidation sites excluding steroid dienone is 4. The molecule has 0 radical (unpaired) electrons. The molecule has 0 aromatic heterocycles. The fourth-order valence-corrected chi connectivity index (χ4v) is 2.09. The summed E-state index contributed by atoms with van der Waals surface area (Å²) in [7, 11) is 0. The first-order chi connectivity index (χ1) is 5.97. The monoisotopic (exact) mass is 196 g/mol. The Morgan fingerprint density at radius 1 is 1.17 bits per heavy atom. The zero-order chi connectivity index (χ0) is 8.23. The Bertz CT molecular complexity index is 279. The molecule has 0 atom stereocenters. The summed E-state index contributed by atoms with van der Waals surface area (Å²) in [6, 6.07) is 0. The molecule has 0 spiro atoms. The van der Waals surface area contributed by atoms with Crippen molar-refractivity contribution in [3.8, 4) is 0 Å². The van der Waals surface area contributed by atoms with E-state index < -0.39 is 0 Å². The van der Waals surface area contributed by atoms with E-state index in [4.69, 9.17) is 0 Å². The fraction of sp³-hybridized carbons (Fsp3) is 0. The highest BCUT2D eigenvalue weighted by Gasteiger charge is 2.07. The molecule has 0 aromatic rings. The summed E-state index contributed by atoms with van der Waals surface area (Å²) >= 11 is 3.24. The molecule has 0 saturated carbocycles. The lowest BCUT2D eigenvalue weighted by Crippen LogP contribution is -2.18. The maximum Gasteiger partial charge on any atom is 0.126 e. The molecule has 0 unspecified atom stereocenters. The van der Waals surface area contributed by atoms with E-state index in [-0.39, 0.29) is 0 Å². The lowest BCUT2D eigenvalue weighted by atomic mass is 10.5.